The van der Waals surface area contributed by atoms with E-state index in [0.717, 1.165) is 31.0 Å². The molecule has 0 spiro atoms. The van der Waals surface area contributed by atoms with Gasteiger partial charge in [0.1, 0.15) is 5.82 Å². The number of nitrogens with zero attached hydrogens (tertiary/aromatic N) is 2. The number of rotatable bonds is 6. The molecule has 0 fully saturated rings. The predicted octanol–water partition coefficient (Wildman–Crippen LogP) is 3.53. The molecule has 0 unspecified atom stereocenters. The first-order valence-corrected chi connectivity index (χ1v) is 7.06. The van der Waals surface area contributed by atoms with Gasteiger partial charge in [-0.15, -0.1) is 0 Å². The van der Waals surface area contributed by atoms with Crippen molar-refractivity contribution in [3.63, 3.8) is 0 Å². The number of aromatic nitrogens is 2. The molecule has 0 atom stereocenters. The third kappa shape index (κ3) is 4.23. The first-order valence-electron chi connectivity index (χ1n) is 7.06. The van der Waals surface area contributed by atoms with Crippen molar-refractivity contribution in [3.05, 3.63) is 47.2 Å². The molecule has 0 amide bonds. The lowest BCUT2D eigenvalue weighted by atomic mass is 10.1. The summed E-state index contributed by atoms with van der Waals surface area (Å²) in [6.07, 6.45) is 1.06. The maximum Gasteiger partial charge on any atom is 0.224 e. The van der Waals surface area contributed by atoms with Gasteiger partial charge in [-0.2, -0.15) is 4.98 Å². The standard InChI is InChI=1S/C16H22N4/c1-4-9-17-16-19-13(3)10-15(20-16)18-11-14-7-5-12(2)6-8-14/h5-8,10H,4,9,11H2,1-3H3,(H2,17,18,19,20). The van der Waals surface area contributed by atoms with E-state index in [-0.39, 0.29) is 0 Å². The quantitative estimate of drug-likeness (QED) is 0.843. The third-order valence-electron chi connectivity index (χ3n) is 2.98. The summed E-state index contributed by atoms with van der Waals surface area (Å²) in [5.41, 5.74) is 3.48. The predicted molar refractivity (Wildman–Crippen MR) is 84.1 cm³/mol. The monoisotopic (exact) mass is 270 g/mol. The van der Waals surface area contributed by atoms with Gasteiger partial charge >= 0.3 is 0 Å². The SMILES string of the molecule is CCCNc1nc(C)cc(NCc2ccc(C)cc2)n1. The average Bonchev–Trinajstić information content (AvgIpc) is 2.44. The Kier molecular flexibility index (Phi) is 4.93. The van der Waals surface area contributed by atoms with E-state index in [1.165, 1.54) is 11.1 Å². The maximum atomic E-state index is 4.47. The zero-order valence-electron chi connectivity index (χ0n) is 12.4. The van der Waals surface area contributed by atoms with Crippen molar-refractivity contribution >= 4 is 11.8 Å². The zero-order chi connectivity index (χ0) is 14.4. The van der Waals surface area contributed by atoms with Crippen LogP contribution < -0.4 is 10.6 Å². The lowest BCUT2D eigenvalue weighted by molar-refractivity contribution is 0.943. The Hall–Kier alpha value is -2.10. The van der Waals surface area contributed by atoms with Crippen LogP contribution in [-0.2, 0) is 6.54 Å². The lowest BCUT2D eigenvalue weighted by Gasteiger charge is -2.09. The number of benzene rings is 1. The van der Waals surface area contributed by atoms with Crippen LogP contribution in [0.1, 0.15) is 30.2 Å². The van der Waals surface area contributed by atoms with Crippen molar-refractivity contribution in [2.75, 3.05) is 17.2 Å². The van der Waals surface area contributed by atoms with Gasteiger partial charge in [0, 0.05) is 24.8 Å². The molecular weight excluding hydrogens is 248 g/mol. The van der Waals surface area contributed by atoms with Crippen LogP contribution in [0.15, 0.2) is 30.3 Å². The zero-order valence-corrected chi connectivity index (χ0v) is 12.4. The number of hydrogen-bond donors (Lipinski definition) is 2. The van der Waals surface area contributed by atoms with Crippen LogP contribution in [0.4, 0.5) is 11.8 Å². The van der Waals surface area contributed by atoms with Crippen LogP contribution in [0.2, 0.25) is 0 Å². The maximum absolute atomic E-state index is 4.47. The fourth-order valence-corrected chi connectivity index (χ4v) is 1.87. The molecule has 0 aliphatic rings. The van der Waals surface area contributed by atoms with Crippen LogP contribution in [-0.4, -0.2) is 16.5 Å². The van der Waals surface area contributed by atoms with Crippen molar-refractivity contribution in [2.24, 2.45) is 0 Å². The van der Waals surface area contributed by atoms with Gasteiger partial charge in [0.2, 0.25) is 5.95 Å². The van der Waals surface area contributed by atoms with Crippen molar-refractivity contribution in [1.29, 1.82) is 0 Å². The Morgan fingerprint density at radius 1 is 1.00 bits per heavy atom. The van der Waals surface area contributed by atoms with Gasteiger partial charge in [0.15, 0.2) is 0 Å². The Morgan fingerprint density at radius 2 is 1.75 bits per heavy atom. The van der Waals surface area contributed by atoms with E-state index in [1.807, 2.05) is 13.0 Å². The minimum atomic E-state index is 0.693. The molecule has 0 saturated carbocycles. The Morgan fingerprint density at radius 3 is 2.45 bits per heavy atom. The van der Waals surface area contributed by atoms with Crippen molar-refractivity contribution in [1.82, 2.24) is 9.97 Å². The Balaban J connectivity index is 2.01. The molecule has 1 aromatic heterocycles. The normalized spacial score (nSPS) is 10.3. The van der Waals surface area contributed by atoms with Crippen LogP contribution in [0.3, 0.4) is 0 Å². The first kappa shape index (κ1) is 14.3. The molecule has 20 heavy (non-hydrogen) atoms. The minimum absolute atomic E-state index is 0.693. The topological polar surface area (TPSA) is 49.8 Å². The van der Waals surface area contributed by atoms with Gasteiger partial charge in [0.05, 0.1) is 0 Å². The molecular formula is C16H22N4. The van der Waals surface area contributed by atoms with Gasteiger partial charge in [-0.25, -0.2) is 4.98 Å². The summed E-state index contributed by atoms with van der Waals surface area (Å²) in [5.74, 6) is 1.55. The second-order valence-electron chi connectivity index (χ2n) is 4.98. The second-order valence-corrected chi connectivity index (χ2v) is 4.98. The highest BCUT2D eigenvalue weighted by molar-refractivity contribution is 5.42. The summed E-state index contributed by atoms with van der Waals surface area (Å²) >= 11 is 0. The van der Waals surface area contributed by atoms with Gasteiger partial charge in [-0.05, 0) is 25.8 Å². The molecule has 106 valence electrons. The molecule has 2 rings (SSSR count). The molecule has 0 radical (unpaired) electrons. The fraction of sp³-hybridized carbons (Fsp3) is 0.375. The van der Waals surface area contributed by atoms with Crippen molar-refractivity contribution in [3.8, 4) is 0 Å². The molecule has 4 nitrogen and oxygen atoms in total. The van der Waals surface area contributed by atoms with Crippen LogP contribution in [0.5, 0.6) is 0 Å². The summed E-state index contributed by atoms with van der Waals surface area (Å²) in [5, 5.41) is 6.57. The number of aryl methyl sites for hydroxylation is 2. The fourth-order valence-electron chi connectivity index (χ4n) is 1.87. The van der Waals surface area contributed by atoms with E-state index in [9.17, 15) is 0 Å². The number of nitrogens with one attached hydrogen (secondary N) is 2. The summed E-state index contributed by atoms with van der Waals surface area (Å²) < 4.78 is 0. The Labute approximate surface area is 120 Å². The van der Waals surface area contributed by atoms with E-state index < -0.39 is 0 Å². The van der Waals surface area contributed by atoms with E-state index in [2.05, 4.69) is 58.7 Å². The van der Waals surface area contributed by atoms with Gasteiger partial charge in [-0.1, -0.05) is 36.8 Å². The number of anilines is 2. The van der Waals surface area contributed by atoms with E-state index in [0.29, 0.717) is 5.95 Å². The van der Waals surface area contributed by atoms with Crippen LogP contribution >= 0.6 is 0 Å². The van der Waals surface area contributed by atoms with Crippen molar-refractivity contribution in [2.45, 2.75) is 33.7 Å². The molecule has 1 aromatic carbocycles. The van der Waals surface area contributed by atoms with Gasteiger partial charge < -0.3 is 10.6 Å². The molecule has 2 N–H and O–H groups in total. The highest BCUT2D eigenvalue weighted by Crippen LogP contribution is 2.11. The van der Waals surface area contributed by atoms with Crippen LogP contribution in [0.25, 0.3) is 0 Å². The highest BCUT2D eigenvalue weighted by atomic mass is 15.1. The largest absolute Gasteiger partial charge is 0.366 e. The number of hydrogen-bond acceptors (Lipinski definition) is 4. The summed E-state index contributed by atoms with van der Waals surface area (Å²) in [6, 6.07) is 10.5. The minimum Gasteiger partial charge on any atom is -0.366 e. The summed E-state index contributed by atoms with van der Waals surface area (Å²) in [4.78, 5) is 8.85. The first-order chi connectivity index (χ1) is 9.67. The molecule has 1 heterocycles. The molecule has 4 heteroatoms. The van der Waals surface area contributed by atoms with Gasteiger partial charge in [0.25, 0.3) is 0 Å². The van der Waals surface area contributed by atoms with Crippen LogP contribution in [0, 0.1) is 13.8 Å². The molecule has 0 saturated heterocycles. The molecule has 2 aromatic rings. The van der Waals surface area contributed by atoms with E-state index in [1.54, 1.807) is 0 Å². The van der Waals surface area contributed by atoms with E-state index in [4.69, 9.17) is 0 Å². The van der Waals surface area contributed by atoms with Crippen molar-refractivity contribution < 1.29 is 0 Å². The second kappa shape index (κ2) is 6.89. The van der Waals surface area contributed by atoms with Gasteiger partial charge in [-0.3, -0.25) is 0 Å². The summed E-state index contributed by atoms with van der Waals surface area (Å²) in [6.45, 7) is 7.86. The molecule has 0 aliphatic heterocycles. The van der Waals surface area contributed by atoms with E-state index >= 15 is 0 Å². The highest BCUT2D eigenvalue weighted by Gasteiger charge is 2.01. The average molecular weight is 270 g/mol. The lowest BCUT2D eigenvalue weighted by Crippen LogP contribution is -2.08. The third-order valence-corrected chi connectivity index (χ3v) is 2.98. The molecule has 0 bridgehead atoms. The molecule has 0 aliphatic carbocycles. The summed E-state index contributed by atoms with van der Waals surface area (Å²) in [7, 11) is 0. The Bertz CT molecular complexity index is 549. The smallest absolute Gasteiger partial charge is 0.224 e.